The number of furan rings is 1. The van der Waals surface area contributed by atoms with Crippen LogP contribution in [0.25, 0.3) is 22.6 Å². The summed E-state index contributed by atoms with van der Waals surface area (Å²) in [6, 6.07) is 15.4. The molecular formula is C23H19N9O5. The van der Waals surface area contributed by atoms with Gasteiger partial charge in [0.2, 0.25) is 11.3 Å². The Morgan fingerprint density at radius 1 is 1.00 bits per heavy atom. The van der Waals surface area contributed by atoms with Crippen molar-refractivity contribution in [2.75, 3.05) is 23.4 Å². The third-order valence-corrected chi connectivity index (χ3v) is 5.14. The van der Waals surface area contributed by atoms with E-state index in [9.17, 15) is 10.1 Å². The Morgan fingerprint density at radius 3 is 2.49 bits per heavy atom. The first-order chi connectivity index (χ1) is 18.0. The van der Waals surface area contributed by atoms with Crippen molar-refractivity contribution < 1.29 is 18.7 Å². The molecule has 186 valence electrons. The number of non-ortho nitro benzene ring substituents is 1. The molecule has 0 amide bonds. The van der Waals surface area contributed by atoms with Crippen molar-refractivity contribution in [1.29, 1.82) is 0 Å². The average Bonchev–Trinajstić information content (AvgIpc) is 3.57. The van der Waals surface area contributed by atoms with Crippen molar-refractivity contribution >= 4 is 40.5 Å². The highest BCUT2D eigenvalue weighted by Crippen LogP contribution is 2.34. The van der Waals surface area contributed by atoms with Crippen LogP contribution < -0.4 is 21.0 Å². The molecule has 5 aromatic rings. The number of nitrogens with zero attached hydrogens (tertiary/aromatic N) is 6. The number of hydrazone groups is 1. The Hall–Kier alpha value is -5.53. The largest absolute Gasteiger partial charge is 0.496 e. The lowest BCUT2D eigenvalue weighted by Gasteiger charge is -2.11. The third kappa shape index (κ3) is 5.12. The molecule has 14 nitrogen and oxygen atoms in total. The number of benzene rings is 2. The van der Waals surface area contributed by atoms with E-state index in [2.05, 4.69) is 41.7 Å². The summed E-state index contributed by atoms with van der Waals surface area (Å²) in [5.41, 5.74) is 11.7. The molecule has 0 fully saturated rings. The first-order valence-corrected chi connectivity index (χ1v) is 10.8. The highest BCUT2D eigenvalue weighted by Gasteiger charge is 2.16. The van der Waals surface area contributed by atoms with Gasteiger partial charge in [0.1, 0.15) is 17.3 Å². The molecule has 0 bridgehead atoms. The summed E-state index contributed by atoms with van der Waals surface area (Å²) in [6.07, 6.45) is 1.44. The number of nitrogens with one attached hydrogen (secondary N) is 3. The van der Waals surface area contributed by atoms with Gasteiger partial charge in [0.25, 0.3) is 5.69 Å². The van der Waals surface area contributed by atoms with Crippen LogP contribution in [0.1, 0.15) is 11.3 Å². The van der Waals surface area contributed by atoms with E-state index >= 15 is 0 Å². The maximum atomic E-state index is 11.0. The summed E-state index contributed by atoms with van der Waals surface area (Å²) in [5.74, 6) is 1.73. The molecule has 37 heavy (non-hydrogen) atoms. The zero-order valence-corrected chi connectivity index (χ0v) is 19.5. The van der Waals surface area contributed by atoms with Gasteiger partial charge in [0.05, 0.1) is 35.6 Å². The third-order valence-electron chi connectivity index (χ3n) is 5.14. The number of fused-ring (bicyclic) bond motifs is 1. The van der Waals surface area contributed by atoms with E-state index in [1.807, 2.05) is 31.2 Å². The van der Waals surface area contributed by atoms with Crippen molar-refractivity contribution in [2.45, 2.75) is 6.92 Å². The molecule has 0 unspecified atom stereocenters. The Kier molecular flexibility index (Phi) is 6.27. The van der Waals surface area contributed by atoms with E-state index in [1.54, 1.807) is 18.2 Å². The highest BCUT2D eigenvalue weighted by molar-refractivity contribution is 5.80. The number of aryl methyl sites for hydroxylation is 1. The molecule has 5 rings (SSSR count). The lowest BCUT2D eigenvalue weighted by atomic mass is 10.1. The Labute approximate surface area is 208 Å². The molecule has 0 spiro atoms. The van der Waals surface area contributed by atoms with Gasteiger partial charge in [-0.15, -0.1) is 0 Å². The lowest BCUT2D eigenvalue weighted by molar-refractivity contribution is -0.384. The standard InChI is InChI=1S/C23H19N9O5/c1-13-3-5-14(6-4-13)27-29-21-20(25-22-23(26-21)31-37-30-22)28-24-12-16-8-10-18(36-16)17-9-7-15(32(33)34)11-19(17)35-2/h3-12,27H,1-2H3,(H,25,28,30)(H,26,29,31)/b24-12+. The molecule has 2 aromatic carbocycles. The van der Waals surface area contributed by atoms with Gasteiger partial charge in [0, 0.05) is 6.07 Å². The average molecular weight is 501 g/mol. The number of nitro benzene ring substituents is 1. The summed E-state index contributed by atoms with van der Waals surface area (Å²) in [5, 5.41) is 22.6. The van der Waals surface area contributed by atoms with Crippen LogP contribution in [-0.2, 0) is 0 Å². The predicted octanol–water partition coefficient (Wildman–Crippen LogP) is 4.38. The number of hydrogen-bond donors (Lipinski definition) is 3. The van der Waals surface area contributed by atoms with Gasteiger partial charge >= 0.3 is 0 Å². The normalized spacial score (nSPS) is 11.1. The number of ether oxygens (including phenoxy) is 1. The van der Waals surface area contributed by atoms with Crippen LogP contribution in [-0.4, -0.2) is 38.5 Å². The second kappa shape index (κ2) is 9.99. The lowest BCUT2D eigenvalue weighted by Crippen LogP contribution is -2.13. The van der Waals surface area contributed by atoms with Crippen molar-refractivity contribution in [2.24, 2.45) is 5.10 Å². The van der Waals surface area contributed by atoms with E-state index in [-0.39, 0.29) is 22.8 Å². The van der Waals surface area contributed by atoms with Crippen LogP contribution in [0.15, 0.2) is 68.7 Å². The molecule has 0 aliphatic heterocycles. The summed E-state index contributed by atoms with van der Waals surface area (Å²) in [6.45, 7) is 2.00. The van der Waals surface area contributed by atoms with Crippen molar-refractivity contribution in [3.63, 3.8) is 0 Å². The number of rotatable bonds is 9. The molecule has 0 radical (unpaired) electrons. The maximum absolute atomic E-state index is 11.0. The number of methoxy groups -OCH3 is 1. The first kappa shape index (κ1) is 23.2. The molecule has 3 N–H and O–H groups in total. The highest BCUT2D eigenvalue weighted by atomic mass is 16.6. The van der Waals surface area contributed by atoms with Gasteiger partial charge in [-0.1, -0.05) is 17.7 Å². The van der Waals surface area contributed by atoms with Crippen LogP contribution in [0.2, 0.25) is 0 Å². The van der Waals surface area contributed by atoms with Gasteiger partial charge in [-0.2, -0.15) is 15.1 Å². The fourth-order valence-electron chi connectivity index (χ4n) is 3.29. The second-order valence-corrected chi connectivity index (χ2v) is 7.66. The SMILES string of the molecule is COc1cc([N+](=O)[O-])ccc1-c1ccc(/C=N/Nc2nc3nonc3nc2NNc2ccc(C)cc2)o1. The van der Waals surface area contributed by atoms with Crippen LogP contribution in [0, 0.1) is 17.0 Å². The minimum Gasteiger partial charge on any atom is -0.496 e. The molecule has 0 atom stereocenters. The maximum Gasteiger partial charge on any atom is 0.273 e. The number of hydrazine groups is 1. The van der Waals surface area contributed by atoms with E-state index in [4.69, 9.17) is 13.8 Å². The molecule has 0 aliphatic rings. The predicted molar refractivity (Wildman–Crippen MR) is 134 cm³/mol. The minimum absolute atomic E-state index is 0.0835. The monoisotopic (exact) mass is 501 g/mol. The van der Waals surface area contributed by atoms with Gasteiger partial charge in [0.15, 0.2) is 11.6 Å². The van der Waals surface area contributed by atoms with Crippen molar-refractivity contribution in [1.82, 2.24) is 20.3 Å². The molecule has 0 saturated heterocycles. The molecular weight excluding hydrogens is 482 g/mol. The Morgan fingerprint density at radius 2 is 1.76 bits per heavy atom. The van der Waals surface area contributed by atoms with Gasteiger partial charge in [-0.05, 0) is 47.6 Å². The Bertz CT molecular complexity index is 1590. The summed E-state index contributed by atoms with van der Waals surface area (Å²) >= 11 is 0. The second-order valence-electron chi connectivity index (χ2n) is 7.66. The quantitative estimate of drug-likeness (QED) is 0.148. The van der Waals surface area contributed by atoms with E-state index in [1.165, 1.54) is 25.5 Å². The first-order valence-electron chi connectivity index (χ1n) is 10.8. The molecule has 14 heteroatoms. The van der Waals surface area contributed by atoms with Crippen LogP contribution >= 0.6 is 0 Å². The molecule has 0 aliphatic carbocycles. The molecule has 0 saturated carbocycles. The molecule has 3 aromatic heterocycles. The number of anilines is 3. The van der Waals surface area contributed by atoms with Crippen LogP contribution in [0.4, 0.5) is 23.0 Å². The summed E-state index contributed by atoms with van der Waals surface area (Å²) in [4.78, 5) is 19.2. The van der Waals surface area contributed by atoms with Gasteiger partial charge in [-0.3, -0.25) is 26.4 Å². The number of nitro groups is 1. The topological polar surface area (TPSA) is 179 Å². The molecule has 3 heterocycles. The smallest absolute Gasteiger partial charge is 0.273 e. The van der Waals surface area contributed by atoms with Crippen LogP contribution in [0.5, 0.6) is 5.75 Å². The van der Waals surface area contributed by atoms with Crippen molar-refractivity contribution in [3.05, 3.63) is 76.0 Å². The fraction of sp³-hybridized carbons (Fsp3) is 0.0870. The van der Waals surface area contributed by atoms with Crippen molar-refractivity contribution in [3.8, 4) is 17.1 Å². The summed E-state index contributed by atoms with van der Waals surface area (Å²) < 4.78 is 15.8. The zero-order chi connectivity index (χ0) is 25.8. The van der Waals surface area contributed by atoms with E-state index in [0.717, 1.165) is 11.3 Å². The fourth-order valence-corrected chi connectivity index (χ4v) is 3.29. The zero-order valence-electron chi connectivity index (χ0n) is 19.5. The number of aromatic nitrogens is 4. The summed E-state index contributed by atoms with van der Waals surface area (Å²) in [7, 11) is 1.43. The minimum atomic E-state index is -0.493. The van der Waals surface area contributed by atoms with Crippen LogP contribution in [0.3, 0.4) is 0 Å². The number of hydrogen-bond acceptors (Lipinski definition) is 13. The Balaban J connectivity index is 1.33. The van der Waals surface area contributed by atoms with Gasteiger partial charge in [-0.25, -0.2) is 4.63 Å². The van der Waals surface area contributed by atoms with E-state index < -0.39 is 4.92 Å². The van der Waals surface area contributed by atoms with Gasteiger partial charge < -0.3 is 9.15 Å². The van der Waals surface area contributed by atoms with E-state index in [0.29, 0.717) is 28.7 Å².